The maximum Gasteiger partial charge on any atom is 0.387 e. The Labute approximate surface area is 93.0 Å². The molecule has 1 rings (SSSR count). The SMILES string of the molecule is CCS(=O)(=O)[CH]c1ccccc1OC(F)F. The molecule has 89 valence electrons. The molecular formula is C10H11F2O3S. The number of sulfone groups is 1. The van der Waals surface area contributed by atoms with Gasteiger partial charge in [0, 0.05) is 11.3 Å². The van der Waals surface area contributed by atoms with Crippen molar-refractivity contribution >= 4 is 9.84 Å². The van der Waals surface area contributed by atoms with Gasteiger partial charge >= 0.3 is 6.61 Å². The second-order valence-electron chi connectivity index (χ2n) is 2.99. The van der Waals surface area contributed by atoms with Gasteiger partial charge in [-0.2, -0.15) is 8.78 Å². The Morgan fingerprint density at radius 2 is 2.00 bits per heavy atom. The summed E-state index contributed by atoms with van der Waals surface area (Å²) >= 11 is 0. The second-order valence-corrected chi connectivity index (χ2v) is 5.12. The number of rotatable bonds is 5. The van der Waals surface area contributed by atoms with E-state index in [0.717, 1.165) is 5.75 Å². The van der Waals surface area contributed by atoms with E-state index in [1.807, 2.05) is 0 Å². The van der Waals surface area contributed by atoms with E-state index in [2.05, 4.69) is 4.74 Å². The summed E-state index contributed by atoms with van der Waals surface area (Å²) in [5.41, 5.74) is 0.129. The summed E-state index contributed by atoms with van der Waals surface area (Å²) < 4.78 is 50.9. The van der Waals surface area contributed by atoms with E-state index in [1.54, 1.807) is 6.07 Å². The first-order valence-corrected chi connectivity index (χ1v) is 6.27. The zero-order valence-corrected chi connectivity index (χ0v) is 9.38. The van der Waals surface area contributed by atoms with Gasteiger partial charge in [0.25, 0.3) is 0 Å². The van der Waals surface area contributed by atoms with Crippen LogP contribution in [-0.4, -0.2) is 20.8 Å². The molecule has 0 aliphatic rings. The van der Waals surface area contributed by atoms with Gasteiger partial charge in [0.2, 0.25) is 0 Å². The quantitative estimate of drug-likeness (QED) is 0.803. The molecule has 0 saturated carbocycles. The molecule has 0 fully saturated rings. The molecule has 6 heteroatoms. The van der Waals surface area contributed by atoms with Crippen molar-refractivity contribution in [2.24, 2.45) is 0 Å². The average molecular weight is 249 g/mol. The van der Waals surface area contributed by atoms with Crippen LogP contribution in [0.2, 0.25) is 0 Å². The number of alkyl halides is 2. The van der Waals surface area contributed by atoms with E-state index in [9.17, 15) is 17.2 Å². The number of hydrogen-bond donors (Lipinski definition) is 0. The molecule has 0 aliphatic carbocycles. The van der Waals surface area contributed by atoms with Crippen molar-refractivity contribution in [3.05, 3.63) is 35.6 Å². The normalized spacial score (nSPS) is 11.8. The fourth-order valence-corrected chi connectivity index (χ4v) is 1.81. The summed E-state index contributed by atoms with van der Waals surface area (Å²) in [6, 6.07) is 5.75. The molecular weight excluding hydrogens is 238 g/mol. The molecule has 0 atom stereocenters. The van der Waals surface area contributed by atoms with Gasteiger partial charge in [0.05, 0.1) is 0 Å². The smallest absolute Gasteiger partial charge is 0.387 e. The summed E-state index contributed by atoms with van der Waals surface area (Å²) in [6.45, 7) is -1.50. The molecule has 0 unspecified atom stereocenters. The molecule has 0 bridgehead atoms. The molecule has 1 aromatic carbocycles. The summed E-state index contributed by atoms with van der Waals surface area (Å²) in [5, 5.41) is 0. The minimum Gasteiger partial charge on any atom is -0.434 e. The standard InChI is InChI=1S/C10H11F2O3S/c1-2-16(13,14)7-8-5-3-4-6-9(8)15-10(11)12/h3-7,10H,2H2,1H3. The molecule has 0 saturated heterocycles. The van der Waals surface area contributed by atoms with Gasteiger partial charge in [0.15, 0.2) is 9.84 Å². The molecule has 0 aliphatic heterocycles. The Bertz CT molecular complexity index is 443. The van der Waals surface area contributed by atoms with E-state index in [4.69, 9.17) is 0 Å². The highest BCUT2D eigenvalue weighted by Crippen LogP contribution is 2.23. The summed E-state index contributed by atoms with van der Waals surface area (Å²) in [5.74, 6) is 0.704. The number of ether oxygens (including phenoxy) is 1. The van der Waals surface area contributed by atoms with Crippen molar-refractivity contribution in [2.75, 3.05) is 5.75 Å². The minimum atomic E-state index is -3.38. The van der Waals surface area contributed by atoms with Gasteiger partial charge in [-0.15, -0.1) is 0 Å². The van der Waals surface area contributed by atoms with E-state index >= 15 is 0 Å². The Balaban J connectivity index is 2.95. The van der Waals surface area contributed by atoms with Crippen LogP contribution in [0.3, 0.4) is 0 Å². The molecule has 1 aromatic rings. The van der Waals surface area contributed by atoms with Crippen LogP contribution in [0.1, 0.15) is 12.5 Å². The Morgan fingerprint density at radius 3 is 2.56 bits per heavy atom. The number of benzene rings is 1. The van der Waals surface area contributed by atoms with Gasteiger partial charge in [-0.1, -0.05) is 25.1 Å². The Kier molecular flexibility index (Phi) is 4.23. The largest absolute Gasteiger partial charge is 0.434 e. The molecule has 0 heterocycles. The second kappa shape index (κ2) is 5.25. The molecule has 1 radical (unpaired) electrons. The molecule has 16 heavy (non-hydrogen) atoms. The van der Waals surface area contributed by atoms with E-state index in [0.29, 0.717) is 0 Å². The maximum absolute atomic E-state index is 12.0. The zero-order chi connectivity index (χ0) is 12.2. The van der Waals surface area contributed by atoms with Crippen LogP contribution in [0, 0.1) is 5.75 Å². The monoisotopic (exact) mass is 249 g/mol. The lowest BCUT2D eigenvalue weighted by molar-refractivity contribution is -0.0501. The molecule has 3 nitrogen and oxygen atoms in total. The van der Waals surface area contributed by atoms with Crippen molar-refractivity contribution in [1.29, 1.82) is 0 Å². The van der Waals surface area contributed by atoms with Crippen molar-refractivity contribution in [2.45, 2.75) is 13.5 Å². The highest BCUT2D eigenvalue weighted by atomic mass is 32.2. The highest BCUT2D eigenvalue weighted by Gasteiger charge is 2.15. The predicted octanol–water partition coefficient (Wildman–Crippen LogP) is 2.23. The van der Waals surface area contributed by atoms with Gasteiger partial charge in [-0.25, -0.2) is 8.42 Å². The van der Waals surface area contributed by atoms with Crippen LogP contribution in [0.25, 0.3) is 0 Å². The topological polar surface area (TPSA) is 43.4 Å². The first kappa shape index (κ1) is 12.9. The number of hydrogen-bond acceptors (Lipinski definition) is 3. The maximum atomic E-state index is 12.0. The minimum absolute atomic E-state index is 0.0873. The molecule has 0 N–H and O–H groups in total. The van der Waals surface area contributed by atoms with Gasteiger partial charge < -0.3 is 4.74 Å². The fourth-order valence-electron chi connectivity index (χ4n) is 1.06. The number of halogens is 2. The fraction of sp³-hybridized carbons (Fsp3) is 0.300. The van der Waals surface area contributed by atoms with Crippen molar-refractivity contribution in [1.82, 2.24) is 0 Å². The first-order valence-electron chi connectivity index (χ1n) is 4.56. The molecule has 0 spiro atoms. The zero-order valence-electron chi connectivity index (χ0n) is 8.56. The first-order chi connectivity index (χ1) is 7.44. The van der Waals surface area contributed by atoms with Crippen LogP contribution < -0.4 is 4.74 Å². The van der Waals surface area contributed by atoms with E-state index in [1.165, 1.54) is 25.1 Å². The lowest BCUT2D eigenvalue weighted by Gasteiger charge is -2.09. The summed E-state index contributed by atoms with van der Waals surface area (Å²) in [4.78, 5) is 0. The van der Waals surface area contributed by atoms with Crippen LogP contribution in [0.5, 0.6) is 5.75 Å². The summed E-state index contributed by atoms with van der Waals surface area (Å²) in [7, 11) is -3.38. The third-order valence-corrected chi connectivity index (χ3v) is 3.26. The third kappa shape index (κ3) is 3.77. The third-order valence-electron chi connectivity index (χ3n) is 1.84. The van der Waals surface area contributed by atoms with Crippen LogP contribution in [-0.2, 0) is 9.84 Å². The predicted molar refractivity (Wildman–Crippen MR) is 55.9 cm³/mol. The van der Waals surface area contributed by atoms with Gasteiger partial charge in [0.1, 0.15) is 11.5 Å². The van der Waals surface area contributed by atoms with Crippen LogP contribution >= 0.6 is 0 Å². The molecule has 0 amide bonds. The van der Waals surface area contributed by atoms with Gasteiger partial charge in [-0.05, 0) is 6.07 Å². The highest BCUT2D eigenvalue weighted by molar-refractivity contribution is 7.93. The average Bonchev–Trinajstić information content (AvgIpc) is 2.20. The van der Waals surface area contributed by atoms with E-state index < -0.39 is 16.4 Å². The summed E-state index contributed by atoms with van der Waals surface area (Å²) in [6.07, 6.45) is 0. The number of para-hydroxylation sites is 1. The lowest BCUT2D eigenvalue weighted by atomic mass is 10.2. The van der Waals surface area contributed by atoms with E-state index in [-0.39, 0.29) is 17.1 Å². The Morgan fingerprint density at radius 1 is 1.38 bits per heavy atom. The molecule has 0 aromatic heterocycles. The van der Waals surface area contributed by atoms with Crippen LogP contribution in [0.4, 0.5) is 8.78 Å². The Hall–Kier alpha value is -1.17. The van der Waals surface area contributed by atoms with Crippen molar-refractivity contribution in [3.8, 4) is 5.75 Å². The lowest BCUT2D eigenvalue weighted by Crippen LogP contribution is -2.08. The van der Waals surface area contributed by atoms with Crippen molar-refractivity contribution in [3.63, 3.8) is 0 Å². The van der Waals surface area contributed by atoms with Crippen LogP contribution in [0.15, 0.2) is 24.3 Å². The van der Waals surface area contributed by atoms with Gasteiger partial charge in [-0.3, -0.25) is 0 Å². The van der Waals surface area contributed by atoms with Crippen molar-refractivity contribution < 1.29 is 21.9 Å².